The predicted octanol–water partition coefficient (Wildman–Crippen LogP) is 2.79. The lowest BCUT2D eigenvalue weighted by Crippen LogP contribution is -2.48. The van der Waals surface area contributed by atoms with Gasteiger partial charge in [-0.05, 0) is 36.4 Å². The fraction of sp³-hybridized carbons (Fsp3) is 0.222. The monoisotopic (exact) mass is 388 g/mol. The molecule has 0 amide bonds. The van der Waals surface area contributed by atoms with E-state index in [0.717, 1.165) is 16.9 Å². The van der Waals surface area contributed by atoms with Gasteiger partial charge in [0.05, 0.1) is 22.1 Å². The summed E-state index contributed by atoms with van der Waals surface area (Å²) in [6.07, 6.45) is 1.74. The number of aromatic nitrogens is 2. The average Bonchev–Trinajstić information content (AvgIpc) is 2.68. The Bertz CT molecular complexity index is 1030. The molecule has 0 unspecified atom stereocenters. The first kappa shape index (κ1) is 17.2. The Hall–Kier alpha value is -2.22. The van der Waals surface area contributed by atoms with Crippen LogP contribution in [0.1, 0.15) is 0 Å². The number of piperazine rings is 1. The molecule has 1 aliphatic rings. The molecule has 8 heteroatoms. The van der Waals surface area contributed by atoms with Gasteiger partial charge in [-0.15, -0.1) is 0 Å². The Labute approximate surface area is 157 Å². The Balaban J connectivity index is 1.50. The molecule has 0 spiro atoms. The maximum absolute atomic E-state index is 12.8. The zero-order chi connectivity index (χ0) is 18.1. The molecule has 6 nitrogen and oxygen atoms in total. The number of nitrogens with zero attached hydrogens (tertiary/aromatic N) is 4. The topological polar surface area (TPSA) is 66.4 Å². The predicted molar refractivity (Wildman–Crippen MR) is 102 cm³/mol. The summed E-state index contributed by atoms with van der Waals surface area (Å²) in [7, 11) is -3.51. The van der Waals surface area contributed by atoms with Gasteiger partial charge < -0.3 is 4.90 Å². The number of para-hydroxylation sites is 2. The maximum Gasteiger partial charge on any atom is 0.243 e. The quantitative estimate of drug-likeness (QED) is 0.690. The summed E-state index contributed by atoms with van der Waals surface area (Å²) < 4.78 is 27.0. The lowest BCUT2D eigenvalue weighted by molar-refractivity contribution is 0.384. The third-order valence-corrected chi connectivity index (χ3v) is 6.61. The minimum Gasteiger partial charge on any atom is -0.353 e. The highest BCUT2D eigenvalue weighted by molar-refractivity contribution is 7.89. The number of anilines is 1. The number of hydrogen-bond acceptors (Lipinski definition) is 5. The lowest BCUT2D eigenvalue weighted by Gasteiger charge is -2.34. The normalized spacial score (nSPS) is 16.1. The Morgan fingerprint density at radius 3 is 2.23 bits per heavy atom. The number of fused-ring (bicyclic) bond motifs is 1. The van der Waals surface area contributed by atoms with Crippen LogP contribution < -0.4 is 4.90 Å². The van der Waals surface area contributed by atoms with Crippen LogP contribution >= 0.6 is 11.6 Å². The van der Waals surface area contributed by atoms with Crippen molar-refractivity contribution in [2.75, 3.05) is 31.1 Å². The molecule has 0 N–H and O–H groups in total. The van der Waals surface area contributed by atoms with Crippen LogP contribution in [0.5, 0.6) is 0 Å². The Morgan fingerprint density at radius 1 is 0.885 bits per heavy atom. The molecular weight excluding hydrogens is 372 g/mol. The van der Waals surface area contributed by atoms with E-state index in [1.54, 1.807) is 30.5 Å². The largest absolute Gasteiger partial charge is 0.353 e. The Morgan fingerprint density at radius 2 is 1.54 bits per heavy atom. The zero-order valence-electron chi connectivity index (χ0n) is 13.9. The SMILES string of the molecule is O=S(=O)(c1ccc(Cl)cc1)N1CCN(c2cnc3ccccc3n2)CC1. The van der Waals surface area contributed by atoms with Gasteiger partial charge in [0.2, 0.25) is 10.0 Å². The number of halogens is 1. The molecule has 4 rings (SSSR count). The van der Waals surface area contributed by atoms with Crippen LogP contribution in [0.3, 0.4) is 0 Å². The summed E-state index contributed by atoms with van der Waals surface area (Å²) in [4.78, 5) is 11.4. The van der Waals surface area contributed by atoms with Crippen LogP contribution in [0, 0.1) is 0 Å². The van der Waals surface area contributed by atoms with Gasteiger partial charge in [-0.3, -0.25) is 4.98 Å². The highest BCUT2D eigenvalue weighted by Crippen LogP contribution is 2.22. The molecule has 26 heavy (non-hydrogen) atoms. The second-order valence-electron chi connectivity index (χ2n) is 6.06. The fourth-order valence-corrected chi connectivity index (χ4v) is 4.56. The van der Waals surface area contributed by atoms with Gasteiger partial charge >= 0.3 is 0 Å². The van der Waals surface area contributed by atoms with E-state index in [0.29, 0.717) is 31.2 Å². The van der Waals surface area contributed by atoms with Crippen LogP contribution in [0.15, 0.2) is 59.6 Å². The highest BCUT2D eigenvalue weighted by Gasteiger charge is 2.29. The molecule has 1 saturated heterocycles. The third-order valence-electron chi connectivity index (χ3n) is 4.45. The average molecular weight is 389 g/mol. The molecule has 3 aromatic rings. The van der Waals surface area contributed by atoms with Gasteiger partial charge in [0.15, 0.2) is 0 Å². The molecule has 0 radical (unpaired) electrons. The molecular formula is C18H17ClN4O2S. The van der Waals surface area contributed by atoms with E-state index >= 15 is 0 Å². The van der Waals surface area contributed by atoms with Crippen molar-refractivity contribution in [2.24, 2.45) is 0 Å². The van der Waals surface area contributed by atoms with Gasteiger partial charge in [-0.25, -0.2) is 13.4 Å². The van der Waals surface area contributed by atoms with E-state index in [2.05, 4.69) is 14.9 Å². The maximum atomic E-state index is 12.8. The van der Waals surface area contributed by atoms with Gasteiger partial charge in [-0.1, -0.05) is 23.7 Å². The van der Waals surface area contributed by atoms with Crippen LogP contribution in [-0.4, -0.2) is 48.9 Å². The van der Waals surface area contributed by atoms with E-state index in [1.807, 2.05) is 24.3 Å². The van der Waals surface area contributed by atoms with Crippen molar-refractivity contribution in [3.63, 3.8) is 0 Å². The van der Waals surface area contributed by atoms with Gasteiger partial charge in [-0.2, -0.15) is 4.31 Å². The van der Waals surface area contributed by atoms with Crippen LogP contribution in [0.2, 0.25) is 5.02 Å². The molecule has 1 aliphatic heterocycles. The summed E-state index contributed by atoms with van der Waals surface area (Å²) in [5.41, 5.74) is 1.68. The minimum atomic E-state index is -3.51. The van der Waals surface area contributed by atoms with Crippen molar-refractivity contribution in [2.45, 2.75) is 4.90 Å². The van der Waals surface area contributed by atoms with Crippen LogP contribution in [0.25, 0.3) is 11.0 Å². The van der Waals surface area contributed by atoms with E-state index in [4.69, 9.17) is 11.6 Å². The molecule has 1 fully saturated rings. The fourth-order valence-electron chi connectivity index (χ4n) is 3.01. The molecule has 1 aromatic heterocycles. The summed E-state index contributed by atoms with van der Waals surface area (Å²) in [5.74, 6) is 0.771. The lowest BCUT2D eigenvalue weighted by atomic mass is 10.3. The summed E-state index contributed by atoms with van der Waals surface area (Å²) in [6, 6.07) is 14.0. The van der Waals surface area contributed by atoms with E-state index in [-0.39, 0.29) is 4.90 Å². The first-order valence-corrected chi connectivity index (χ1v) is 10.1. The summed E-state index contributed by atoms with van der Waals surface area (Å²) >= 11 is 5.85. The number of sulfonamides is 1. The van der Waals surface area contributed by atoms with Gasteiger partial charge in [0.1, 0.15) is 5.82 Å². The van der Waals surface area contributed by atoms with Crippen molar-refractivity contribution in [3.05, 3.63) is 59.8 Å². The molecule has 2 aromatic carbocycles. The third kappa shape index (κ3) is 3.25. The van der Waals surface area contributed by atoms with Crippen molar-refractivity contribution < 1.29 is 8.42 Å². The van der Waals surface area contributed by atoms with Crippen LogP contribution in [-0.2, 0) is 10.0 Å². The van der Waals surface area contributed by atoms with Crippen molar-refractivity contribution >= 4 is 38.5 Å². The molecule has 0 atom stereocenters. The van der Waals surface area contributed by atoms with Gasteiger partial charge in [0.25, 0.3) is 0 Å². The Kier molecular flexibility index (Phi) is 4.52. The van der Waals surface area contributed by atoms with E-state index < -0.39 is 10.0 Å². The first-order valence-electron chi connectivity index (χ1n) is 8.26. The zero-order valence-corrected chi connectivity index (χ0v) is 15.5. The highest BCUT2D eigenvalue weighted by atomic mass is 35.5. The summed E-state index contributed by atoms with van der Waals surface area (Å²) in [5, 5.41) is 0.517. The van der Waals surface area contributed by atoms with Gasteiger partial charge in [0, 0.05) is 31.2 Å². The second kappa shape index (κ2) is 6.83. The second-order valence-corrected chi connectivity index (χ2v) is 8.44. The van der Waals surface area contributed by atoms with Crippen molar-refractivity contribution in [1.29, 1.82) is 0 Å². The number of benzene rings is 2. The number of rotatable bonds is 3. The van der Waals surface area contributed by atoms with E-state index in [9.17, 15) is 8.42 Å². The van der Waals surface area contributed by atoms with E-state index in [1.165, 1.54) is 4.31 Å². The molecule has 2 heterocycles. The first-order chi connectivity index (χ1) is 12.5. The standard InChI is InChI=1S/C18H17ClN4O2S/c19-14-5-7-15(8-6-14)26(24,25)23-11-9-22(10-12-23)18-13-20-16-3-1-2-4-17(16)21-18/h1-8,13H,9-12H2. The number of hydrogen-bond donors (Lipinski definition) is 0. The van der Waals surface area contributed by atoms with Crippen molar-refractivity contribution in [3.8, 4) is 0 Å². The molecule has 134 valence electrons. The minimum absolute atomic E-state index is 0.265. The summed E-state index contributed by atoms with van der Waals surface area (Å²) in [6.45, 7) is 1.94. The van der Waals surface area contributed by atoms with Crippen LogP contribution in [0.4, 0.5) is 5.82 Å². The molecule has 0 aliphatic carbocycles. The molecule has 0 saturated carbocycles. The van der Waals surface area contributed by atoms with Crippen molar-refractivity contribution in [1.82, 2.24) is 14.3 Å². The molecule has 0 bridgehead atoms. The smallest absolute Gasteiger partial charge is 0.243 e.